The Hall–Kier alpha value is -7.16. The van der Waals surface area contributed by atoms with Gasteiger partial charge in [-0.2, -0.15) is 0 Å². The summed E-state index contributed by atoms with van der Waals surface area (Å²) in [6.45, 7) is 0. The van der Waals surface area contributed by atoms with Gasteiger partial charge in [-0.1, -0.05) is 0 Å². The Balaban J connectivity index is 0.000000570. The molecule has 6 aromatic rings. The fourth-order valence-electron chi connectivity index (χ4n) is 2.72. The minimum Gasteiger partial charge on any atom is -0.508 e. The van der Waals surface area contributed by atoms with Crippen molar-refractivity contribution in [3.05, 3.63) is 146 Å². The summed E-state index contributed by atoms with van der Waals surface area (Å²) in [6.07, 6.45) is 0. The molecule has 0 saturated heterocycles. The third-order valence-electron chi connectivity index (χ3n) is 5.10. The van der Waals surface area contributed by atoms with Crippen molar-refractivity contribution in [3.8, 4) is 69.0 Å². The van der Waals surface area contributed by atoms with Crippen molar-refractivity contribution < 1.29 is 61.3 Å². The van der Waals surface area contributed by atoms with Gasteiger partial charge in [0.1, 0.15) is 69.0 Å². The molecule has 0 aliphatic heterocycles. The molecule has 50 heavy (non-hydrogen) atoms. The number of nitrogens with two attached hydrogens (primary N) is 2. The molecule has 0 bridgehead atoms. The third-order valence-corrected chi connectivity index (χ3v) is 5.10. The molecule has 0 aromatic heterocycles. The van der Waals surface area contributed by atoms with Crippen LogP contribution in [0.15, 0.2) is 146 Å². The van der Waals surface area contributed by atoms with Crippen molar-refractivity contribution in [2.24, 2.45) is 11.7 Å². The van der Waals surface area contributed by atoms with Crippen LogP contribution >= 0.6 is 0 Å². The first kappa shape index (κ1) is 42.8. The number of benzene rings is 6. The molecular formula is C36H40N2O12. The molecule has 0 aliphatic rings. The van der Waals surface area contributed by atoms with Gasteiger partial charge < -0.3 is 61.3 Å². The molecule has 0 radical (unpaired) electrons. The SMILES string of the molecule is NN.Oc1ccc(O)cc1.Oc1ccc(O)cc1.Oc1ccc(O)cc1.Oc1ccc(O)cc1.Oc1ccc(O)cc1.Oc1ccc(O)cc1. The van der Waals surface area contributed by atoms with Gasteiger partial charge in [0.05, 0.1) is 0 Å². The molecular weight excluding hydrogens is 652 g/mol. The zero-order valence-electron chi connectivity index (χ0n) is 26.4. The van der Waals surface area contributed by atoms with Gasteiger partial charge in [-0.05, 0) is 146 Å². The first-order valence-corrected chi connectivity index (χ1v) is 13.9. The summed E-state index contributed by atoms with van der Waals surface area (Å²) < 4.78 is 0. The lowest BCUT2D eigenvalue weighted by Gasteiger charge is -1.88. The van der Waals surface area contributed by atoms with E-state index in [1.807, 2.05) is 0 Å². The van der Waals surface area contributed by atoms with Crippen LogP contribution in [-0.2, 0) is 0 Å². The molecule has 16 N–H and O–H groups in total. The van der Waals surface area contributed by atoms with Crippen LogP contribution in [0.5, 0.6) is 69.0 Å². The van der Waals surface area contributed by atoms with Gasteiger partial charge in [0.25, 0.3) is 0 Å². The van der Waals surface area contributed by atoms with Crippen molar-refractivity contribution in [2.45, 2.75) is 0 Å². The second-order valence-corrected chi connectivity index (χ2v) is 9.10. The van der Waals surface area contributed by atoms with E-state index in [1.54, 1.807) is 0 Å². The average molecular weight is 693 g/mol. The molecule has 14 nitrogen and oxygen atoms in total. The fraction of sp³-hybridized carbons (Fsp3) is 0. The van der Waals surface area contributed by atoms with Gasteiger partial charge in [0.15, 0.2) is 0 Å². The van der Waals surface area contributed by atoms with E-state index in [9.17, 15) is 0 Å². The fourth-order valence-corrected chi connectivity index (χ4v) is 2.72. The van der Waals surface area contributed by atoms with E-state index in [1.165, 1.54) is 146 Å². The smallest absolute Gasteiger partial charge is 0.115 e. The number of hydrogen-bond donors (Lipinski definition) is 14. The molecule has 0 amide bonds. The number of rotatable bonds is 0. The monoisotopic (exact) mass is 692 g/mol. The van der Waals surface area contributed by atoms with Crippen molar-refractivity contribution in [1.82, 2.24) is 0 Å². The van der Waals surface area contributed by atoms with Gasteiger partial charge in [0.2, 0.25) is 0 Å². The summed E-state index contributed by atoms with van der Waals surface area (Å²) >= 11 is 0. The summed E-state index contributed by atoms with van der Waals surface area (Å²) in [6, 6.07) is 34.2. The van der Waals surface area contributed by atoms with Crippen LogP contribution in [0.3, 0.4) is 0 Å². The highest BCUT2D eigenvalue weighted by Gasteiger charge is 1.87. The lowest BCUT2D eigenvalue weighted by atomic mass is 10.3. The summed E-state index contributed by atoms with van der Waals surface area (Å²) in [5, 5.41) is 104. The largest absolute Gasteiger partial charge is 0.508 e. The Morgan fingerprint density at radius 1 is 0.160 bits per heavy atom. The zero-order chi connectivity index (χ0) is 37.9. The van der Waals surface area contributed by atoms with E-state index in [-0.39, 0.29) is 69.0 Å². The third kappa shape index (κ3) is 23.2. The van der Waals surface area contributed by atoms with Gasteiger partial charge >= 0.3 is 0 Å². The number of hydrazine groups is 1. The van der Waals surface area contributed by atoms with E-state index in [2.05, 4.69) is 11.7 Å². The standard InChI is InChI=1S/6C6H6O2.H4N2/c6*7-5-1-2-6(8)4-3-5;1-2/h6*1-4,7-8H;1-2H2. The maximum Gasteiger partial charge on any atom is 0.115 e. The van der Waals surface area contributed by atoms with Gasteiger partial charge in [0, 0.05) is 0 Å². The van der Waals surface area contributed by atoms with Crippen molar-refractivity contribution in [1.29, 1.82) is 0 Å². The number of phenols is 12. The first-order valence-electron chi connectivity index (χ1n) is 13.9. The molecule has 266 valence electrons. The molecule has 14 heteroatoms. The number of phenolic OH excluding ortho intramolecular Hbond substituents is 12. The number of aromatic hydroxyl groups is 12. The quantitative estimate of drug-likeness (QED) is 0.0538. The van der Waals surface area contributed by atoms with Crippen molar-refractivity contribution in [2.75, 3.05) is 0 Å². The van der Waals surface area contributed by atoms with Crippen LogP contribution in [0, 0.1) is 0 Å². The van der Waals surface area contributed by atoms with Gasteiger partial charge in [-0.25, -0.2) is 0 Å². The van der Waals surface area contributed by atoms with Crippen LogP contribution in [0.25, 0.3) is 0 Å². The highest BCUT2D eigenvalue weighted by Crippen LogP contribution is 2.16. The Morgan fingerprint density at radius 3 is 0.240 bits per heavy atom. The molecule has 0 heterocycles. The van der Waals surface area contributed by atoms with Crippen LogP contribution in [-0.4, -0.2) is 61.3 Å². The van der Waals surface area contributed by atoms with Gasteiger partial charge in [-0.3, -0.25) is 11.7 Å². The minimum absolute atomic E-state index is 0.169. The summed E-state index contributed by atoms with van der Waals surface area (Å²) in [5.74, 6) is 10.0. The van der Waals surface area contributed by atoms with E-state index >= 15 is 0 Å². The van der Waals surface area contributed by atoms with Crippen LogP contribution in [0.4, 0.5) is 0 Å². The maximum atomic E-state index is 8.65. The molecule has 0 atom stereocenters. The lowest BCUT2D eigenvalue weighted by molar-refractivity contribution is 0.460. The lowest BCUT2D eigenvalue weighted by Crippen LogP contribution is -2.02. The van der Waals surface area contributed by atoms with Gasteiger partial charge in [-0.15, -0.1) is 0 Å². The Bertz CT molecular complexity index is 1220. The molecule has 0 aliphatic carbocycles. The highest BCUT2D eigenvalue weighted by molar-refractivity contribution is 5.32. The van der Waals surface area contributed by atoms with E-state index in [4.69, 9.17) is 61.3 Å². The normalized spacial score (nSPS) is 8.76. The molecule has 0 saturated carbocycles. The van der Waals surface area contributed by atoms with Crippen LogP contribution in [0.2, 0.25) is 0 Å². The van der Waals surface area contributed by atoms with E-state index in [0.29, 0.717) is 0 Å². The van der Waals surface area contributed by atoms with E-state index < -0.39 is 0 Å². The van der Waals surface area contributed by atoms with Crippen LogP contribution in [0.1, 0.15) is 0 Å². The molecule has 0 unspecified atom stereocenters. The molecule has 0 spiro atoms. The topological polar surface area (TPSA) is 295 Å². The zero-order valence-corrected chi connectivity index (χ0v) is 26.4. The molecule has 6 aromatic carbocycles. The Kier molecular flexibility index (Phi) is 21.4. The Morgan fingerprint density at radius 2 is 0.200 bits per heavy atom. The average Bonchev–Trinajstić information content (AvgIpc) is 3.11. The molecule has 0 fully saturated rings. The van der Waals surface area contributed by atoms with Crippen molar-refractivity contribution >= 4 is 0 Å². The highest BCUT2D eigenvalue weighted by atomic mass is 16.3. The summed E-state index contributed by atoms with van der Waals surface area (Å²) in [4.78, 5) is 0. The predicted molar refractivity (Wildman–Crippen MR) is 187 cm³/mol. The maximum absolute atomic E-state index is 8.65. The Labute approximate surface area is 287 Å². The first-order chi connectivity index (χ1) is 23.7. The van der Waals surface area contributed by atoms with Crippen LogP contribution < -0.4 is 11.7 Å². The second kappa shape index (κ2) is 25.0. The minimum atomic E-state index is 0.169. The summed E-state index contributed by atoms with van der Waals surface area (Å²) in [5.41, 5.74) is 0. The summed E-state index contributed by atoms with van der Waals surface area (Å²) in [7, 11) is 0. The van der Waals surface area contributed by atoms with Crippen molar-refractivity contribution in [3.63, 3.8) is 0 Å². The number of hydrogen-bond acceptors (Lipinski definition) is 14. The molecule has 6 rings (SSSR count). The van der Waals surface area contributed by atoms with E-state index in [0.717, 1.165) is 0 Å². The predicted octanol–water partition coefficient (Wildman–Crippen LogP) is 5.41. The second-order valence-electron chi connectivity index (χ2n) is 9.10.